The van der Waals surface area contributed by atoms with Crippen LogP contribution in [-0.2, 0) is 0 Å². The Bertz CT molecular complexity index is 248. The molecule has 0 spiro atoms. The molecule has 1 fully saturated rings. The van der Waals surface area contributed by atoms with Crippen molar-refractivity contribution in [1.29, 1.82) is 0 Å². The minimum atomic E-state index is 0.791. The lowest BCUT2D eigenvalue weighted by molar-refractivity contribution is 0.465. The zero-order chi connectivity index (χ0) is 8.39. The molecule has 1 unspecified atom stereocenters. The molecule has 1 nitrogen and oxygen atoms in total. The molecule has 1 N–H and O–H groups in total. The van der Waals surface area contributed by atoms with Crippen molar-refractivity contribution in [2.45, 2.75) is 25.7 Å². The van der Waals surface area contributed by atoms with Gasteiger partial charge in [-0.1, -0.05) is 0 Å². The standard InChI is InChI=1S/C10H15NS/c1-8-4-6-12-10(8)9-3-2-5-11-7-9/h4,6,9,11H,2-3,5,7H2,1H3. The molecule has 1 atom stereocenters. The maximum absolute atomic E-state index is 3.46. The molecule has 1 aromatic rings. The molecule has 0 radical (unpaired) electrons. The van der Waals surface area contributed by atoms with E-state index in [1.807, 2.05) is 11.3 Å². The molecule has 66 valence electrons. The van der Waals surface area contributed by atoms with Crippen molar-refractivity contribution in [2.75, 3.05) is 13.1 Å². The number of aryl methyl sites for hydroxylation is 1. The van der Waals surface area contributed by atoms with E-state index in [2.05, 4.69) is 23.7 Å². The first kappa shape index (κ1) is 8.27. The van der Waals surface area contributed by atoms with Crippen LogP contribution in [0.2, 0.25) is 0 Å². The van der Waals surface area contributed by atoms with E-state index in [1.165, 1.54) is 31.5 Å². The molecule has 0 bridgehead atoms. The quantitative estimate of drug-likeness (QED) is 0.702. The molecule has 12 heavy (non-hydrogen) atoms. The molecule has 2 heterocycles. The molecule has 1 aliphatic heterocycles. The molecule has 0 saturated carbocycles. The highest BCUT2D eigenvalue weighted by molar-refractivity contribution is 7.10. The van der Waals surface area contributed by atoms with Crippen LogP contribution in [0.15, 0.2) is 11.4 Å². The maximum Gasteiger partial charge on any atom is 0.0118 e. The average molecular weight is 181 g/mol. The van der Waals surface area contributed by atoms with Crippen molar-refractivity contribution in [1.82, 2.24) is 5.32 Å². The monoisotopic (exact) mass is 181 g/mol. The molecule has 1 aromatic heterocycles. The van der Waals surface area contributed by atoms with Crippen LogP contribution in [0.4, 0.5) is 0 Å². The lowest BCUT2D eigenvalue weighted by Crippen LogP contribution is -2.28. The molecular weight excluding hydrogens is 166 g/mol. The van der Waals surface area contributed by atoms with Gasteiger partial charge in [-0.15, -0.1) is 11.3 Å². The van der Waals surface area contributed by atoms with E-state index < -0.39 is 0 Å². The first-order valence-corrected chi connectivity index (χ1v) is 5.50. The zero-order valence-corrected chi connectivity index (χ0v) is 8.29. The van der Waals surface area contributed by atoms with Crippen LogP contribution >= 0.6 is 11.3 Å². The first-order chi connectivity index (χ1) is 5.88. The van der Waals surface area contributed by atoms with Gasteiger partial charge in [-0.25, -0.2) is 0 Å². The van der Waals surface area contributed by atoms with Crippen molar-refractivity contribution in [3.8, 4) is 0 Å². The highest BCUT2D eigenvalue weighted by Crippen LogP contribution is 2.29. The van der Waals surface area contributed by atoms with Crippen molar-refractivity contribution in [2.24, 2.45) is 0 Å². The van der Waals surface area contributed by atoms with Crippen LogP contribution in [-0.4, -0.2) is 13.1 Å². The number of rotatable bonds is 1. The van der Waals surface area contributed by atoms with Gasteiger partial charge in [0.25, 0.3) is 0 Å². The average Bonchev–Trinajstić information content (AvgIpc) is 2.53. The van der Waals surface area contributed by atoms with E-state index in [0.717, 1.165) is 5.92 Å². The van der Waals surface area contributed by atoms with E-state index in [4.69, 9.17) is 0 Å². The van der Waals surface area contributed by atoms with Gasteiger partial charge in [-0.05, 0) is 43.3 Å². The third-order valence-electron chi connectivity index (χ3n) is 2.57. The smallest absolute Gasteiger partial charge is 0.0118 e. The van der Waals surface area contributed by atoms with Crippen LogP contribution in [0.25, 0.3) is 0 Å². The highest BCUT2D eigenvalue weighted by atomic mass is 32.1. The van der Waals surface area contributed by atoms with E-state index in [1.54, 1.807) is 4.88 Å². The number of hydrogen-bond donors (Lipinski definition) is 1. The van der Waals surface area contributed by atoms with Crippen molar-refractivity contribution >= 4 is 11.3 Å². The fraction of sp³-hybridized carbons (Fsp3) is 0.600. The summed E-state index contributed by atoms with van der Waals surface area (Å²) in [5.41, 5.74) is 1.48. The second-order valence-electron chi connectivity index (χ2n) is 3.51. The van der Waals surface area contributed by atoms with Gasteiger partial charge >= 0.3 is 0 Å². The second-order valence-corrected chi connectivity index (χ2v) is 4.46. The Kier molecular flexibility index (Phi) is 2.47. The Balaban J connectivity index is 2.13. The third-order valence-corrected chi connectivity index (χ3v) is 3.75. The van der Waals surface area contributed by atoms with Gasteiger partial charge < -0.3 is 5.32 Å². The van der Waals surface area contributed by atoms with Crippen molar-refractivity contribution in [3.05, 3.63) is 21.9 Å². The zero-order valence-electron chi connectivity index (χ0n) is 7.47. The fourth-order valence-electron chi connectivity index (χ4n) is 1.88. The van der Waals surface area contributed by atoms with Gasteiger partial charge in [0.15, 0.2) is 0 Å². The number of thiophene rings is 1. The molecule has 1 aliphatic rings. The first-order valence-electron chi connectivity index (χ1n) is 4.62. The summed E-state index contributed by atoms with van der Waals surface area (Å²) in [6.45, 7) is 4.61. The normalized spacial score (nSPS) is 24.2. The Morgan fingerprint density at radius 2 is 2.50 bits per heavy atom. The van der Waals surface area contributed by atoms with Crippen LogP contribution in [0.5, 0.6) is 0 Å². The van der Waals surface area contributed by atoms with Crippen molar-refractivity contribution < 1.29 is 0 Å². The summed E-state index contributed by atoms with van der Waals surface area (Å²) in [5, 5.41) is 5.66. The number of hydrogen-bond acceptors (Lipinski definition) is 2. The molecule has 0 amide bonds. The van der Waals surface area contributed by atoms with Crippen LogP contribution < -0.4 is 5.32 Å². The molecular formula is C10H15NS. The van der Waals surface area contributed by atoms with Gasteiger partial charge in [0.1, 0.15) is 0 Å². The summed E-state index contributed by atoms with van der Waals surface area (Å²) in [4.78, 5) is 1.60. The largest absolute Gasteiger partial charge is 0.316 e. The summed E-state index contributed by atoms with van der Waals surface area (Å²) in [5.74, 6) is 0.791. The van der Waals surface area contributed by atoms with Crippen LogP contribution in [0.3, 0.4) is 0 Å². The van der Waals surface area contributed by atoms with Gasteiger partial charge in [0, 0.05) is 17.3 Å². The predicted molar refractivity (Wildman–Crippen MR) is 53.9 cm³/mol. The summed E-state index contributed by atoms with van der Waals surface area (Å²) in [7, 11) is 0. The predicted octanol–water partition coefficient (Wildman–Crippen LogP) is 2.52. The highest BCUT2D eigenvalue weighted by Gasteiger charge is 2.17. The van der Waals surface area contributed by atoms with Gasteiger partial charge in [0.2, 0.25) is 0 Å². The molecule has 0 aromatic carbocycles. The summed E-state index contributed by atoms with van der Waals surface area (Å²) >= 11 is 1.92. The van der Waals surface area contributed by atoms with E-state index in [-0.39, 0.29) is 0 Å². The van der Waals surface area contributed by atoms with Crippen LogP contribution in [0.1, 0.15) is 29.2 Å². The lowest BCUT2D eigenvalue weighted by Gasteiger charge is -2.22. The summed E-state index contributed by atoms with van der Waals surface area (Å²) in [6, 6.07) is 2.23. The number of piperidine rings is 1. The summed E-state index contributed by atoms with van der Waals surface area (Å²) < 4.78 is 0. The van der Waals surface area contributed by atoms with E-state index in [0.29, 0.717) is 0 Å². The SMILES string of the molecule is Cc1ccsc1C1CCCNC1. The summed E-state index contributed by atoms with van der Waals surface area (Å²) in [6.07, 6.45) is 2.70. The van der Waals surface area contributed by atoms with E-state index in [9.17, 15) is 0 Å². The minimum absolute atomic E-state index is 0.791. The topological polar surface area (TPSA) is 12.0 Å². The fourth-order valence-corrected chi connectivity index (χ4v) is 2.94. The van der Waals surface area contributed by atoms with Crippen LogP contribution in [0, 0.1) is 6.92 Å². The molecule has 2 rings (SSSR count). The Morgan fingerprint density at radius 3 is 3.08 bits per heavy atom. The Morgan fingerprint density at radius 1 is 1.58 bits per heavy atom. The lowest BCUT2D eigenvalue weighted by atomic mass is 9.96. The Hall–Kier alpha value is -0.340. The minimum Gasteiger partial charge on any atom is -0.316 e. The molecule has 0 aliphatic carbocycles. The van der Waals surface area contributed by atoms with Gasteiger partial charge in [-0.3, -0.25) is 0 Å². The Labute approximate surface area is 77.8 Å². The third kappa shape index (κ3) is 1.54. The van der Waals surface area contributed by atoms with Crippen molar-refractivity contribution in [3.63, 3.8) is 0 Å². The van der Waals surface area contributed by atoms with Gasteiger partial charge in [0.05, 0.1) is 0 Å². The number of nitrogens with one attached hydrogen (secondary N) is 1. The maximum atomic E-state index is 3.46. The second kappa shape index (κ2) is 3.58. The molecule has 2 heteroatoms. The van der Waals surface area contributed by atoms with Gasteiger partial charge in [-0.2, -0.15) is 0 Å². The molecule has 1 saturated heterocycles. The van der Waals surface area contributed by atoms with E-state index >= 15 is 0 Å².